The lowest BCUT2D eigenvalue weighted by atomic mass is 10.0. The molecule has 0 unspecified atom stereocenters. The number of benzene rings is 1. The van der Waals surface area contributed by atoms with Gasteiger partial charge in [-0.15, -0.1) is 6.42 Å². The van der Waals surface area contributed by atoms with E-state index in [1.54, 1.807) is 26.0 Å². The van der Waals surface area contributed by atoms with Gasteiger partial charge in [0, 0.05) is 6.08 Å². The zero-order valence-corrected chi connectivity index (χ0v) is 13.1. The summed E-state index contributed by atoms with van der Waals surface area (Å²) in [4.78, 5) is 24.6. The predicted molar refractivity (Wildman–Crippen MR) is 85.6 cm³/mol. The summed E-state index contributed by atoms with van der Waals surface area (Å²) in [5.41, 5.74) is -0.0620. The highest BCUT2D eigenvalue weighted by atomic mass is 16.5. The Hall–Kier alpha value is -2.94. The molecule has 0 aromatic heterocycles. The smallest absolute Gasteiger partial charge is 0.328 e. The van der Waals surface area contributed by atoms with E-state index >= 15 is 0 Å². The number of methoxy groups -OCH3 is 1. The van der Waals surface area contributed by atoms with Crippen molar-refractivity contribution < 1.29 is 24.2 Å². The van der Waals surface area contributed by atoms with E-state index < -0.39 is 11.6 Å². The van der Waals surface area contributed by atoms with Gasteiger partial charge in [-0.25, -0.2) is 4.79 Å². The molecule has 1 aliphatic rings. The maximum atomic E-state index is 12.5. The average Bonchev–Trinajstić information content (AvgIpc) is 2.49. The number of carbonyl (C=O) groups excluding carboxylic acids is 1. The van der Waals surface area contributed by atoms with Crippen LogP contribution in [0.15, 0.2) is 18.2 Å². The van der Waals surface area contributed by atoms with Crippen molar-refractivity contribution in [2.45, 2.75) is 19.4 Å². The SMILES string of the molecule is C#CCN1C(=O)C(C)(C)Oc2c(OC)cc(/C=C/C(=O)O)cc21. The highest BCUT2D eigenvalue weighted by Gasteiger charge is 2.42. The Kier molecular flexibility index (Phi) is 4.32. The largest absolute Gasteiger partial charge is 0.493 e. The second kappa shape index (κ2) is 6.05. The van der Waals surface area contributed by atoms with Crippen LogP contribution in [0, 0.1) is 12.3 Å². The molecular weight excluding hydrogens is 298 g/mol. The summed E-state index contributed by atoms with van der Waals surface area (Å²) >= 11 is 0. The molecule has 2 rings (SSSR count). The van der Waals surface area contributed by atoms with Crippen LogP contribution < -0.4 is 14.4 Å². The molecule has 120 valence electrons. The molecule has 0 atom stereocenters. The number of ether oxygens (including phenoxy) is 2. The van der Waals surface area contributed by atoms with Crippen LogP contribution in [0.1, 0.15) is 19.4 Å². The number of amides is 1. The van der Waals surface area contributed by atoms with Crippen LogP contribution >= 0.6 is 0 Å². The Morgan fingerprint density at radius 2 is 2.22 bits per heavy atom. The first-order chi connectivity index (χ1) is 10.8. The van der Waals surface area contributed by atoms with Crippen LogP contribution in [0.3, 0.4) is 0 Å². The molecular formula is C17H17NO5. The molecule has 1 N–H and O–H groups in total. The number of terminal acetylenes is 1. The van der Waals surface area contributed by atoms with Crippen molar-refractivity contribution in [3.05, 3.63) is 23.8 Å². The quantitative estimate of drug-likeness (QED) is 0.679. The normalized spacial score (nSPS) is 15.7. The topological polar surface area (TPSA) is 76.1 Å². The van der Waals surface area contributed by atoms with Gasteiger partial charge in [0.15, 0.2) is 17.1 Å². The van der Waals surface area contributed by atoms with Crippen molar-refractivity contribution in [2.75, 3.05) is 18.6 Å². The summed E-state index contributed by atoms with van der Waals surface area (Å²) in [7, 11) is 1.47. The van der Waals surface area contributed by atoms with Crippen LogP contribution in [0.25, 0.3) is 6.08 Å². The van der Waals surface area contributed by atoms with Crippen molar-refractivity contribution in [1.82, 2.24) is 0 Å². The van der Waals surface area contributed by atoms with Gasteiger partial charge in [-0.2, -0.15) is 0 Å². The molecule has 1 amide bonds. The number of rotatable bonds is 4. The number of hydrogen-bond acceptors (Lipinski definition) is 4. The molecule has 1 aliphatic heterocycles. The molecule has 0 radical (unpaired) electrons. The molecule has 1 heterocycles. The first kappa shape index (κ1) is 16.4. The lowest BCUT2D eigenvalue weighted by Crippen LogP contribution is -2.52. The van der Waals surface area contributed by atoms with E-state index in [9.17, 15) is 9.59 Å². The third kappa shape index (κ3) is 3.14. The molecule has 0 saturated heterocycles. The Morgan fingerprint density at radius 1 is 1.52 bits per heavy atom. The number of carbonyl (C=O) groups is 2. The third-order valence-corrected chi connectivity index (χ3v) is 3.35. The van der Waals surface area contributed by atoms with E-state index in [-0.39, 0.29) is 12.5 Å². The minimum atomic E-state index is -1.07. The van der Waals surface area contributed by atoms with Gasteiger partial charge in [0.25, 0.3) is 5.91 Å². The minimum Gasteiger partial charge on any atom is -0.493 e. The van der Waals surface area contributed by atoms with Crippen LogP contribution in [-0.2, 0) is 9.59 Å². The van der Waals surface area contributed by atoms with E-state index in [0.29, 0.717) is 22.7 Å². The molecule has 6 nitrogen and oxygen atoms in total. The van der Waals surface area contributed by atoms with Crippen molar-refractivity contribution in [2.24, 2.45) is 0 Å². The highest BCUT2D eigenvalue weighted by Crippen LogP contribution is 2.45. The molecule has 0 spiro atoms. The second-order valence-electron chi connectivity index (χ2n) is 5.45. The van der Waals surface area contributed by atoms with Gasteiger partial charge < -0.3 is 14.6 Å². The fourth-order valence-electron chi connectivity index (χ4n) is 2.31. The molecule has 23 heavy (non-hydrogen) atoms. The number of nitrogens with zero attached hydrogens (tertiary/aromatic N) is 1. The van der Waals surface area contributed by atoms with Gasteiger partial charge in [-0.1, -0.05) is 5.92 Å². The summed E-state index contributed by atoms with van der Waals surface area (Å²) in [6.07, 6.45) is 7.77. The molecule has 1 aromatic carbocycles. The fraction of sp³-hybridized carbons (Fsp3) is 0.294. The number of carboxylic acids is 1. The number of fused-ring (bicyclic) bond motifs is 1. The van der Waals surface area contributed by atoms with Crippen molar-refractivity contribution in [3.63, 3.8) is 0 Å². The molecule has 1 aromatic rings. The monoisotopic (exact) mass is 315 g/mol. The standard InChI is InChI=1S/C17H17NO5/c1-5-8-18-12-9-11(6-7-14(19)20)10-13(22-4)15(12)23-17(2,3)16(18)21/h1,6-7,9-10H,8H2,2-4H3,(H,19,20)/b7-6+. The van der Waals surface area contributed by atoms with E-state index in [4.69, 9.17) is 21.0 Å². The number of aliphatic carboxylic acids is 1. The van der Waals surface area contributed by atoms with Gasteiger partial charge in [0.2, 0.25) is 0 Å². The molecule has 0 fully saturated rings. The molecule has 0 saturated carbocycles. The Balaban J connectivity index is 2.63. The first-order valence-electron chi connectivity index (χ1n) is 6.87. The van der Waals surface area contributed by atoms with Crippen molar-refractivity contribution in [3.8, 4) is 23.8 Å². The summed E-state index contributed by atoms with van der Waals surface area (Å²) in [6.45, 7) is 3.38. The summed E-state index contributed by atoms with van der Waals surface area (Å²) < 4.78 is 11.1. The highest BCUT2D eigenvalue weighted by molar-refractivity contribution is 6.03. The fourth-order valence-corrected chi connectivity index (χ4v) is 2.31. The van der Waals surface area contributed by atoms with E-state index in [0.717, 1.165) is 6.08 Å². The van der Waals surface area contributed by atoms with Crippen LogP contribution in [0.2, 0.25) is 0 Å². The second-order valence-corrected chi connectivity index (χ2v) is 5.45. The van der Waals surface area contributed by atoms with E-state index in [1.165, 1.54) is 18.1 Å². The summed E-state index contributed by atoms with van der Waals surface area (Å²) in [5.74, 6) is 1.90. The lowest BCUT2D eigenvalue weighted by molar-refractivity contribution is -0.132. The van der Waals surface area contributed by atoms with Crippen LogP contribution in [-0.4, -0.2) is 36.2 Å². The molecule has 0 bridgehead atoms. The maximum Gasteiger partial charge on any atom is 0.328 e. The van der Waals surface area contributed by atoms with Gasteiger partial charge >= 0.3 is 5.97 Å². The first-order valence-corrected chi connectivity index (χ1v) is 6.87. The Morgan fingerprint density at radius 3 is 2.78 bits per heavy atom. The number of carboxylic acid groups (broad SMARTS) is 1. The molecule has 0 aliphatic carbocycles. The third-order valence-electron chi connectivity index (χ3n) is 3.35. The van der Waals surface area contributed by atoms with Crippen molar-refractivity contribution in [1.29, 1.82) is 0 Å². The average molecular weight is 315 g/mol. The number of hydrogen-bond donors (Lipinski definition) is 1. The van der Waals surface area contributed by atoms with Gasteiger partial charge in [0.1, 0.15) is 0 Å². The zero-order chi connectivity index (χ0) is 17.2. The predicted octanol–water partition coefficient (Wildman–Crippen LogP) is 1.93. The Labute approximate surface area is 134 Å². The lowest BCUT2D eigenvalue weighted by Gasteiger charge is -2.38. The van der Waals surface area contributed by atoms with Gasteiger partial charge in [-0.3, -0.25) is 9.69 Å². The summed E-state index contributed by atoms with van der Waals surface area (Å²) in [6, 6.07) is 3.28. The van der Waals surface area contributed by atoms with Crippen molar-refractivity contribution >= 4 is 23.6 Å². The summed E-state index contributed by atoms with van der Waals surface area (Å²) in [5, 5.41) is 8.75. The minimum absolute atomic E-state index is 0.0773. The molecule has 6 heteroatoms. The van der Waals surface area contributed by atoms with E-state index in [2.05, 4.69) is 5.92 Å². The van der Waals surface area contributed by atoms with Crippen LogP contribution in [0.4, 0.5) is 5.69 Å². The maximum absolute atomic E-state index is 12.5. The van der Waals surface area contributed by atoms with Gasteiger partial charge in [0.05, 0.1) is 19.3 Å². The Bertz CT molecular complexity index is 727. The van der Waals surface area contributed by atoms with Crippen LogP contribution in [0.5, 0.6) is 11.5 Å². The number of anilines is 1. The zero-order valence-electron chi connectivity index (χ0n) is 13.1. The van der Waals surface area contributed by atoms with E-state index in [1.807, 2.05) is 0 Å². The van der Waals surface area contributed by atoms with Gasteiger partial charge in [-0.05, 0) is 37.6 Å².